The van der Waals surface area contributed by atoms with Crippen molar-refractivity contribution >= 4 is 37.6 Å². The molecule has 0 saturated carbocycles. The largest absolute Gasteiger partial charge is 0.321 e. The van der Waals surface area contributed by atoms with Crippen LogP contribution < -0.4 is 0 Å². The van der Waals surface area contributed by atoms with E-state index >= 15 is 0 Å². The molecular weight excluding hydrogens is 346 g/mol. The highest BCUT2D eigenvalue weighted by Gasteiger charge is 2.23. The molecule has 4 heteroatoms. The average Bonchev–Trinajstić information content (AvgIpc) is 2.28. The lowest BCUT2D eigenvalue weighted by Gasteiger charge is -2.30. The number of carbonyl (C=O) groups excluding carboxylic acids is 1. The summed E-state index contributed by atoms with van der Waals surface area (Å²) in [6.45, 7) is 1.45. The number of Topliss-reactive ketones (excluding diaryl/α,β-unsaturated/α-hetero) is 1. The third-order valence-corrected chi connectivity index (χ3v) is 4.79. The molecule has 0 amide bonds. The van der Waals surface area contributed by atoms with Gasteiger partial charge in [-0.15, -0.1) is 0 Å². The Morgan fingerprint density at radius 2 is 1.88 bits per heavy atom. The van der Waals surface area contributed by atoms with Crippen LogP contribution in [0.3, 0.4) is 0 Å². The fourth-order valence-corrected chi connectivity index (χ4v) is 2.74. The molecule has 0 saturated heterocycles. The Labute approximate surface area is 120 Å². The van der Waals surface area contributed by atoms with E-state index in [9.17, 15) is 4.79 Å². The second-order valence-corrected chi connectivity index (χ2v) is 6.76. The van der Waals surface area contributed by atoms with Crippen molar-refractivity contribution in [2.24, 2.45) is 0 Å². The molecule has 0 spiro atoms. The van der Waals surface area contributed by atoms with E-state index in [0.717, 1.165) is 17.4 Å². The molecule has 94 valence electrons. The third-order valence-electron chi connectivity index (χ3n) is 2.53. The van der Waals surface area contributed by atoms with Crippen molar-refractivity contribution in [2.75, 3.05) is 32.5 Å². The second-order valence-electron chi connectivity index (χ2n) is 4.82. The van der Waals surface area contributed by atoms with Gasteiger partial charge in [0.2, 0.25) is 5.78 Å². The van der Waals surface area contributed by atoms with Crippen LogP contribution in [0.25, 0.3) is 0 Å². The van der Waals surface area contributed by atoms with Crippen LogP contribution in [0.2, 0.25) is 0 Å². The molecule has 1 atom stereocenters. The van der Waals surface area contributed by atoms with Crippen molar-refractivity contribution in [1.82, 2.24) is 0 Å². The first-order chi connectivity index (χ1) is 7.94. The third kappa shape index (κ3) is 5.32. The predicted octanol–water partition coefficient (Wildman–Crippen LogP) is 3.10. The van der Waals surface area contributed by atoms with Crippen LogP contribution in [-0.4, -0.2) is 47.6 Å². The standard InChI is InChI=1S/C13H18Br2NO/c1-16(2,9-12(15)8-14)10-13(17)11-6-4-3-5-7-11/h3-7,12H,8-10H2,1-2H3/q+1/t12-/m1/s1. The van der Waals surface area contributed by atoms with E-state index in [-0.39, 0.29) is 5.78 Å². The number of alkyl halides is 2. The Morgan fingerprint density at radius 3 is 2.41 bits per heavy atom. The summed E-state index contributed by atoms with van der Waals surface area (Å²) in [5, 5.41) is 0.897. The molecule has 0 unspecified atom stereocenters. The Hall–Kier alpha value is -0.190. The van der Waals surface area contributed by atoms with Crippen molar-refractivity contribution in [1.29, 1.82) is 0 Å². The molecule has 1 aromatic carbocycles. The predicted molar refractivity (Wildman–Crippen MR) is 79.1 cm³/mol. The SMILES string of the molecule is C[N+](C)(CC(=O)c1ccccc1)C[C@H](Br)CBr. The van der Waals surface area contributed by atoms with Crippen LogP contribution in [0.15, 0.2) is 30.3 Å². The van der Waals surface area contributed by atoms with Gasteiger partial charge in [-0.2, -0.15) is 0 Å². The van der Waals surface area contributed by atoms with Gasteiger partial charge in [0.25, 0.3) is 0 Å². The highest BCUT2D eigenvalue weighted by molar-refractivity contribution is 9.12. The van der Waals surface area contributed by atoms with Gasteiger partial charge in [0.1, 0.15) is 6.54 Å². The van der Waals surface area contributed by atoms with E-state index < -0.39 is 0 Å². The zero-order chi connectivity index (χ0) is 12.9. The monoisotopic (exact) mass is 362 g/mol. The zero-order valence-electron chi connectivity index (χ0n) is 10.2. The summed E-state index contributed by atoms with van der Waals surface area (Å²) in [6, 6.07) is 9.48. The number of ketones is 1. The first-order valence-electron chi connectivity index (χ1n) is 5.55. The quantitative estimate of drug-likeness (QED) is 0.431. The van der Waals surface area contributed by atoms with E-state index in [1.54, 1.807) is 0 Å². The summed E-state index contributed by atoms with van der Waals surface area (Å²) in [7, 11) is 4.16. The zero-order valence-corrected chi connectivity index (χ0v) is 13.4. The van der Waals surface area contributed by atoms with Gasteiger partial charge in [0.15, 0.2) is 0 Å². The fraction of sp³-hybridized carbons (Fsp3) is 0.462. The molecule has 17 heavy (non-hydrogen) atoms. The summed E-state index contributed by atoms with van der Waals surface area (Å²) in [4.78, 5) is 12.5. The lowest BCUT2D eigenvalue weighted by molar-refractivity contribution is -0.881. The molecule has 0 aliphatic heterocycles. The average molecular weight is 364 g/mol. The van der Waals surface area contributed by atoms with Gasteiger partial charge in [0, 0.05) is 10.9 Å². The number of rotatable bonds is 6. The van der Waals surface area contributed by atoms with E-state index in [4.69, 9.17) is 0 Å². The van der Waals surface area contributed by atoms with Crippen LogP contribution >= 0.6 is 31.9 Å². The van der Waals surface area contributed by atoms with Gasteiger partial charge < -0.3 is 4.48 Å². The van der Waals surface area contributed by atoms with Gasteiger partial charge in [0.05, 0.1) is 25.5 Å². The number of nitrogens with zero attached hydrogens (tertiary/aromatic N) is 1. The summed E-state index contributed by atoms with van der Waals surface area (Å²) in [6.07, 6.45) is 0. The minimum atomic E-state index is 0.199. The molecule has 0 aliphatic rings. The molecule has 0 N–H and O–H groups in total. The summed E-state index contributed by atoms with van der Waals surface area (Å²) >= 11 is 7.02. The number of carbonyl (C=O) groups is 1. The van der Waals surface area contributed by atoms with Gasteiger partial charge >= 0.3 is 0 Å². The van der Waals surface area contributed by atoms with E-state index in [0.29, 0.717) is 15.9 Å². The Kier molecular flexibility index (Phi) is 5.83. The summed E-state index contributed by atoms with van der Waals surface area (Å²) < 4.78 is 0.690. The Bertz CT molecular complexity index is 365. The lowest BCUT2D eigenvalue weighted by atomic mass is 10.1. The van der Waals surface area contributed by atoms with Crippen LogP contribution in [0.1, 0.15) is 10.4 Å². The molecule has 2 nitrogen and oxygen atoms in total. The molecule has 0 aromatic heterocycles. The maximum atomic E-state index is 12.1. The van der Waals surface area contributed by atoms with Gasteiger partial charge in [-0.25, -0.2) is 0 Å². The topological polar surface area (TPSA) is 17.1 Å². The van der Waals surface area contributed by atoms with E-state index in [1.165, 1.54) is 0 Å². The lowest BCUT2D eigenvalue weighted by Crippen LogP contribution is -2.47. The van der Waals surface area contributed by atoms with E-state index in [2.05, 4.69) is 46.0 Å². The minimum Gasteiger partial charge on any atom is -0.321 e. The number of quaternary nitrogens is 1. The first kappa shape index (κ1) is 14.9. The fourth-order valence-electron chi connectivity index (χ4n) is 1.75. The number of likely N-dealkylation sites (N-methyl/N-ethyl adjacent to an activating group) is 1. The number of hydrogen-bond acceptors (Lipinski definition) is 1. The highest BCUT2D eigenvalue weighted by atomic mass is 79.9. The maximum Gasteiger partial charge on any atom is 0.216 e. The first-order valence-corrected chi connectivity index (χ1v) is 7.58. The van der Waals surface area contributed by atoms with Gasteiger partial charge in [-0.3, -0.25) is 4.79 Å². The van der Waals surface area contributed by atoms with Crippen LogP contribution in [0.4, 0.5) is 0 Å². The van der Waals surface area contributed by atoms with Crippen LogP contribution in [0.5, 0.6) is 0 Å². The number of benzene rings is 1. The van der Waals surface area contributed by atoms with Crippen molar-refractivity contribution in [3.63, 3.8) is 0 Å². The van der Waals surface area contributed by atoms with E-state index in [1.807, 2.05) is 30.3 Å². The Balaban J connectivity index is 2.62. The summed E-state index contributed by atoms with van der Waals surface area (Å²) in [5.74, 6) is 0.199. The molecule has 0 radical (unpaired) electrons. The molecule has 0 heterocycles. The van der Waals surface area contributed by atoms with Crippen molar-refractivity contribution < 1.29 is 9.28 Å². The maximum absolute atomic E-state index is 12.1. The van der Waals surface area contributed by atoms with Crippen molar-refractivity contribution in [2.45, 2.75) is 4.83 Å². The molecular formula is C13H18Br2NO+. The molecule has 0 aliphatic carbocycles. The van der Waals surface area contributed by atoms with Crippen molar-refractivity contribution in [3.8, 4) is 0 Å². The smallest absolute Gasteiger partial charge is 0.216 e. The number of halogens is 2. The summed E-state index contributed by atoms with van der Waals surface area (Å²) in [5.41, 5.74) is 0.795. The highest BCUT2D eigenvalue weighted by Crippen LogP contribution is 2.11. The normalized spacial score (nSPS) is 13.4. The molecule has 0 fully saturated rings. The van der Waals surface area contributed by atoms with Crippen molar-refractivity contribution in [3.05, 3.63) is 35.9 Å². The minimum absolute atomic E-state index is 0.199. The Morgan fingerprint density at radius 1 is 1.29 bits per heavy atom. The second kappa shape index (κ2) is 6.66. The number of hydrogen-bond donors (Lipinski definition) is 0. The molecule has 0 bridgehead atoms. The van der Waals surface area contributed by atoms with Crippen LogP contribution in [0, 0.1) is 0 Å². The van der Waals surface area contributed by atoms with Crippen LogP contribution in [-0.2, 0) is 0 Å². The molecule has 1 rings (SSSR count). The van der Waals surface area contributed by atoms with Gasteiger partial charge in [-0.1, -0.05) is 62.2 Å². The van der Waals surface area contributed by atoms with Gasteiger partial charge in [-0.05, 0) is 0 Å². The molecule has 1 aromatic rings.